The van der Waals surface area contributed by atoms with Gasteiger partial charge >= 0.3 is 6.18 Å². The fraction of sp³-hybridized carbons (Fsp3) is 0.333. The van der Waals surface area contributed by atoms with Gasteiger partial charge in [0.05, 0.1) is 11.1 Å². The molecule has 4 rings (SSSR count). The van der Waals surface area contributed by atoms with Gasteiger partial charge in [0, 0.05) is 22.8 Å². The number of aryl methyl sites for hydroxylation is 1. The van der Waals surface area contributed by atoms with Gasteiger partial charge in [-0.3, -0.25) is 0 Å². The minimum Gasteiger partial charge on any atom is -0.505 e. The number of rotatable bonds is 2. The molecule has 0 spiro atoms. The fourth-order valence-corrected chi connectivity index (χ4v) is 4.49. The summed E-state index contributed by atoms with van der Waals surface area (Å²) in [5.74, 6) is -3.53. The molecule has 0 saturated carbocycles. The summed E-state index contributed by atoms with van der Waals surface area (Å²) in [5.41, 5.74) is -3.74. The summed E-state index contributed by atoms with van der Waals surface area (Å²) in [6.45, 7) is 2.86. The van der Waals surface area contributed by atoms with E-state index >= 15 is 0 Å². The molecule has 1 aliphatic carbocycles. The summed E-state index contributed by atoms with van der Waals surface area (Å²) in [5, 5.41) is 23.2. The van der Waals surface area contributed by atoms with Crippen LogP contribution >= 0.6 is 11.6 Å². The van der Waals surface area contributed by atoms with E-state index in [0.717, 1.165) is 12.1 Å². The van der Waals surface area contributed by atoms with E-state index in [0.29, 0.717) is 0 Å². The molecular formula is C21H17ClF5N3O2. The van der Waals surface area contributed by atoms with Crippen molar-refractivity contribution in [3.05, 3.63) is 58.0 Å². The molecule has 3 N–H and O–H groups in total. The lowest BCUT2D eigenvalue weighted by Crippen LogP contribution is -2.55. The minimum atomic E-state index is -5.10. The Morgan fingerprint density at radius 3 is 2.59 bits per heavy atom. The van der Waals surface area contributed by atoms with Crippen molar-refractivity contribution < 1.29 is 32.2 Å². The molecule has 2 aromatic carbocycles. The second kappa shape index (κ2) is 7.41. The molecule has 0 amide bonds. The lowest BCUT2D eigenvalue weighted by molar-refractivity contribution is -0.272. The number of aliphatic hydroxyl groups is 1. The summed E-state index contributed by atoms with van der Waals surface area (Å²) in [4.78, 5) is 7.96. The maximum Gasteiger partial charge on any atom is 0.419 e. The number of phenolic OH excluding ortho intramolecular Hbond substituents is 1. The largest absolute Gasteiger partial charge is 0.505 e. The fourth-order valence-electron chi connectivity index (χ4n) is 4.28. The van der Waals surface area contributed by atoms with E-state index in [-0.39, 0.29) is 33.5 Å². The Hall–Kier alpha value is -2.72. The average Bonchev–Trinajstić information content (AvgIpc) is 2.69. The molecule has 0 aliphatic heterocycles. The zero-order valence-electron chi connectivity index (χ0n) is 16.7. The Morgan fingerprint density at radius 2 is 1.94 bits per heavy atom. The van der Waals surface area contributed by atoms with E-state index in [9.17, 15) is 32.2 Å². The Labute approximate surface area is 183 Å². The van der Waals surface area contributed by atoms with E-state index in [1.165, 1.54) is 26.1 Å². The van der Waals surface area contributed by atoms with Crippen LogP contribution in [0.3, 0.4) is 0 Å². The van der Waals surface area contributed by atoms with Crippen molar-refractivity contribution in [2.45, 2.75) is 44.0 Å². The van der Waals surface area contributed by atoms with Gasteiger partial charge in [0.1, 0.15) is 17.2 Å². The topological polar surface area (TPSA) is 78.3 Å². The highest BCUT2D eigenvalue weighted by molar-refractivity contribution is 6.31. The molecule has 3 aromatic rings. The monoisotopic (exact) mass is 473 g/mol. The highest BCUT2D eigenvalue weighted by Crippen LogP contribution is 2.55. The number of aromatic nitrogens is 2. The van der Waals surface area contributed by atoms with Crippen LogP contribution in [-0.2, 0) is 0 Å². The van der Waals surface area contributed by atoms with E-state index in [1.54, 1.807) is 0 Å². The average molecular weight is 474 g/mol. The molecule has 5 nitrogen and oxygen atoms in total. The second-order valence-electron chi connectivity index (χ2n) is 7.90. The molecule has 0 saturated heterocycles. The van der Waals surface area contributed by atoms with Crippen molar-refractivity contribution in [2.24, 2.45) is 0 Å². The SMILES string of the molecule is Cc1ncc2c(N[C@H]3c4cc(Cl)c(F)c(O)c4[C@H](C)CC3(O)C(F)(F)F)ccc(F)c2n1. The van der Waals surface area contributed by atoms with Crippen LogP contribution in [0.5, 0.6) is 5.75 Å². The molecule has 3 atom stereocenters. The minimum absolute atomic E-state index is 0.00881. The van der Waals surface area contributed by atoms with E-state index in [4.69, 9.17) is 11.6 Å². The van der Waals surface area contributed by atoms with Crippen molar-refractivity contribution in [3.8, 4) is 5.75 Å². The third-order valence-electron chi connectivity index (χ3n) is 5.78. The van der Waals surface area contributed by atoms with Crippen LogP contribution in [-0.4, -0.2) is 32.0 Å². The Bertz CT molecular complexity index is 1240. The van der Waals surface area contributed by atoms with Crippen molar-refractivity contribution in [1.29, 1.82) is 0 Å². The molecule has 0 fully saturated rings. The lowest BCUT2D eigenvalue weighted by atomic mass is 9.70. The number of nitrogens with one attached hydrogen (secondary N) is 1. The summed E-state index contributed by atoms with van der Waals surface area (Å²) < 4.78 is 70.8. The van der Waals surface area contributed by atoms with Crippen LogP contribution in [0.4, 0.5) is 27.6 Å². The van der Waals surface area contributed by atoms with Crippen LogP contribution < -0.4 is 5.32 Å². The molecule has 0 radical (unpaired) electrons. The molecule has 1 unspecified atom stereocenters. The van der Waals surface area contributed by atoms with Gasteiger partial charge in [-0.1, -0.05) is 18.5 Å². The highest BCUT2D eigenvalue weighted by Gasteiger charge is 2.62. The molecule has 11 heteroatoms. The maximum absolute atomic E-state index is 14.3. The number of phenols is 1. The number of aromatic hydroxyl groups is 1. The Morgan fingerprint density at radius 1 is 1.25 bits per heavy atom. The van der Waals surface area contributed by atoms with Crippen LogP contribution in [0, 0.1) is 18.6 Å². The van der Waals surface area contributed by atoms with Crippen molar-refractivity contribution in [1.82, 2.24) is 9.97 Å². The number of halogens is 6. The number of anilines is 1. The van der Waals surface area contributed by atoms with Crippen molar-refractivity contribution in [3.63, 3.8) is 0 Å². The predicted octanol–water partition coefficient (Wildman–Crippen LogP) is 5.53. The second-order valence-corrected chi connectivity index (χ2v) is 8.31. The molecular weight excluding hydrogens is 457 g/mol. The summed E-state index contributed by atoms with van der Waals surface area (Å²) in [6, 6.07) is 1.26. The number of fused-ring (bicyclic) bond motifs is 2. The van der Waals surface area contributed by atoms with Gasteiger partial charge in [0.15, 0.2) is 17.2 Å². The smallest absolute Gasteiger partial charge is 0.419 e. The van der Waals surface area contributed by atoms with Crippen LogP contribution in [0.15, 0.2) is 24.4 Å². The van der Waals surface area contributed by atoms with Gasteiger partial charge in [-0.15, -0.1) is 0 Å². The van der Waals surface area contributed by atoms with Gasteiger partial charge in [0.25, 0.3) is 0 Å². The predicted molar refractivity (Wildman–Crippen MR) is 108 cm³/mol. The molecule has 170 valence electrons. The quantitative estimate of drug-likeness (QED) is 0.427. The molecule has 1 heterocycles. The van der Waals surface area contributed by atoms with Crippen LogP contribution in [0.2, 0.25) is 5.02 Å². The standard InChI is InChI=1S/C21H17ClF5N3O2/c1-8-6-20(32,21(25,26)27)19(10-5-12(22)16(24)18(31)15(8)10)30-14-4-3-13(23)17-11(14)7-28-9(2)29-17/h3-5,7-8,19,30-32H,6H2,1-2H3/t8-,19+,20?/m1/s1. The summed E-state index contributed by atoms with van der Waals surface area (Å²) >= 11 is 5.81. The Balaban J connectivity index is 1.96. The van der Waals surface area contributed by atoms with Crippen LogP contribution in [0.1, 0.15) is 42.3 Å². The molecule has 1 aliphatic rings. The van der Waals surface area contributed by atoms with Gasteiger partial charge in [0.2, 0.25) is 0 Å². The van der Waals surface area contributed by atoms with E-state index in [1.807, 2.05) is 0 Å². The third kappa shape index (κ3) is 3.32. The van der Waals surface area contributed by atoms with Crippen LogP contribution in [0.25, 0.3) is 10.9 Å². The number of benzene rings is 2. The Kier molecular flexibility index (Phi) is 5.21. The van der Waals surface area contributed by atoms with Gasteiger partial charge < -0.3 is 15.5 Å². The first-order valence-electron chi connectivity index (χ1n) is 9.53. The van der Waals surface area contributed by atoms with Crippen molar-refractivity contribution in [2.75, 3.05) is 5.32 Å². The molecule has 32 heavy (non-hydrogen) atoms. The summed E-state index contributed by atoms with van der Waals surface area (Å²) in [7, 11) is 0. The number of nitrogens with zero attached hydrogens (tertiary/aromatic N) is 2. The maximum atomic E-state index is 14.3. The van der Waals surface area contributed by atoms with Gasteiger partial charge in [-0.2, -0.15) is 13.2 Å². The first kappa shape index (κ1) is 22.5. The normalized spacial score (nSPS) is 23.3. The number of alkyl halides is 3. The van der Waals surface area contributed by atoms with Crippen molar-refractivity contribution >= 4 is 28.2 Å². The number of hydrogen-bond donors (Lipinski definition) is 3. The first-order chi connectivity index (χ1) is 14.8. The third-order valence-corrected chi connectivity index (χ3v) is 6.05. The molecule has 0 bridgehead atoms. The van der Waals surface area contributed by atoms with Gasteiger partial charge in [-0.05, 0) is 43.0 Å². The number of hydrogen-bond acceptors (Lipinski definition) is 5. The van der Waals surface area contributed by atoms with Gasteiger partial charge in [-0.25, -0.2) is 18.7 Å². The first-order valence-corrected chi connectivity index (χ1v) is 9.91. The van der Waals surface area contributed by atoms with E-state index in [2.05, 4.69) is 15.3 Å². The lowest BCUT2D eigenvalue weighted by Gasteiger charge is -2.45. The van der Waals surface area contributed by atoms with E-state index < -0.39 is 52.6 Å². The molecule has 1 aromatic heterocycles. The highest BCUT2D eigenvalue weighted by atomic mass is 35.5. The summed E-state index contributed by atoms with van der Waals surface area (Å²) in [6.07, 6.45) is -4.71. The zero-order chi connectivity index (χ0) is 23.6. The zero-order valence-corrected chi connectivity index (χ0v) is 17.5.